The van der Waals surface area contributed by atoms with Gasteiger partial charge in [-0.3, -0.25) is 0 Å². The third kappa shape index (κ3) is 1.87. The second-order valence-electron chi connectivity index (χ2n) is 2.74. The van der Waals surface area contributed by atoms with Crippen LogP contribution in [0.15, 0.2) is 0 Å². The molecule has 1 nitrogen and oxygen atoms in total. The third-order valence-electron chi connectivity index (χ3n) is 1.84. The zero-order valence-electron chi connectivity index (χ0n) is 5.84. The maximum atomic E-state index is 13.2. The van der Waals surface area contributed by atoms with Crippen molar-refractivity contribution < 1.29 is 13.2 Å². The second-order valence-corrected chi connectivity index (χ2v) is 3.74. The maximum absolute atomic E-state index is 13.2. The first-order valence-corrected chi connectivity index (χ1v) is 4.21. The molecule has 1 heterocycles. The van der Waals surface area contributed by atoms with Crippen LogP contribution in [0.4, 0.5) is 13.2 Å². The standard InChI is InChI=1S/C6H9BrF3N/c7-6(9,10)5(8)2-1-3-11-4-5/h11H,1-4H2. The molecule has 1 fully saturated rings. The highest BCUT2D eigenvalue weighted by atomic mass is 79.9. The molecular formula is C6H9BrF3N. The van der Waals surface area contributed by atoms with Crippen LogP contribution in [0, 0.1) is 0 Å². The van der Waals surface area contributed by atoms with Gasteiger partial charge in [0.15, 0.2) is 5.67 Å². The molecule has 0 saturated carbocycles. The highest BCUT2D eigenvalue weighted by Crippen LogP contribution is 2.41. The fourth-order valence-corrected chi connectivity index (χ4v) is 1.45. The molecule has 1 aliphatic heterocycles. The molecule has 0 radical (unpaired) electrons. The molecule has 1 aliphatic rings. The predicted octanol–water partition coefficient (Wildman–Crippen LogP) is 2.07. The molecule has 1 atom stereocenters. The summed E-state index contributed by atoms with van der Waals surface area (Å²) in [5, 5.41) is 2.60. The summed E-state index contributed by atoms with van der Waals surface area (Å²) in [5.74, 6) is 0. The van der Waals surface area contributed by atoms with Gasteiger partial charge in [0.1, 0.15) is 0 Å². The van der Waals surface area contributed by atoms with E-state index in [1.807, 2.05) is 15.9 Å². The molecule has 5 heteroatoms. The second kappa shape index (κ2) is 2.94. The van der Waals surface area contributed by atoms with Gasteiger partial charge in [-0.1, -0.05) is 0 Å². The van der Waals surface area contributed by atoms with Crippen LogP contribution in [-0.4, -0.2) is 23.6 Å². The lowest BCUT2D eigenvalue weighted by atomic mass is 9.97. The number of hydrogen-bond donors (Lipinski definition) is 1. The van der Waals surface area contributed by atoms with Gasteiger partial charge in [-0.2, -0.15) is 8.78 Å². The van der Waals surface area contributed by atoms with E-state index < -0.39 is 10.5 Å². The van der Waals surface area contributed by atoms with Crippen LogP contribution in [0.25, 0.3) is 0 Å². The van der Waals surface area contributed by atoms with E-state index in [0.29, 0.717) is 13.0 Å². The summed E-state index contributed by atoms with van der Waals surface area (Å²) < 4.78 is 38.2. The Labute approximate surface area is 71.5 Å². The molecule has 0 spiro atoms. The zero-order valence-corrected chi connectivity index (χ0v) is 7.43. The topological polar surface area (TPSA) is 12.0 Å². The van der Waals surface area contributed by atoms with Crippen molar-refractivity contribution in [3.63, 3.8) is 0 Å². The number of halogens is 4. The number of hydrogen-bond acceptors (Lipinski definition) is 1. The monoisotopic (exact) mass is 231 g/mol. The zero-order chi connectivity index (χ0) is 8.54. The summed E-state index contributed by atoms with van der Waals surface area (Å²) >= 11 is 2.05. The summed E-state index contributed by atoms with van der Waals surface area (Å²) in [6.45, 7) is 0.347. The smallest absolute Gasteiger partial charge is 0.313 e. The van der Waals surface area contributed by atoms with Crippen molar-refractivity contribution in [1.82, 2.24) is 5.32 Å². The molecule has 11 heavy (non-hydrogen) atoms. The van der Waals surface area contributed by atoms with Gasteiger partial charge in [0.2, 0.25) is 0 Å². The molecule has 0 aliphatic carbocycles. The van der Waals surface area contributed by atoms with Crippen LogP contribution >= 0.6 is 15.9 Å². The van der Waals surface area contributed by atoms with Crippen LogP contribution < -0.4 is 5.32 Å². The van der Waals surface area contributed by atoms with Crippen molar-refractivity contribution in [1.29, 1.82) is 0 Å². The fourth-order valence-electron chi connectivity index (χ4n) is 1.11. The Morgan fingerprint density at radius 2 is 2.09 bits per heavy atom. The molecule has 1 saturated heterocycles. The highest BCUT2D eigenvalue weighted by molar-refractivity contribution is 9.10. The Morgan fingerprint density at radius 3 is 2.36 bits per heavy atom. The van der Waals surface area contributed by atoms with Gasteiger partial charge in [0.25, 0.3) is 0 Å². The van der Waals surface area contributed by atoms with Crippen LogP contribution in [0.3, 0.4) is 0 Å². The average Bonchev–Trinajstić information content (AvgIpc) is 1.87. The quantitative estimate of drug-likeness (QED) is 0.682. The molecular weight excluding hydrogens is 223 g/mol. The normalized spacial score (nSPS) is 33.8. The number of rotatable bonds is 1. The SMILES string of the molecule is FC(F)(Br)C1(F)CCCNC1. The average molecular weight is 232 g/mol. The van der Waals surface area contributed by atoms with Gasteiger partial charge in [0, 0.05) is 6.54 Å². The van der Waals surface area contributed by atoms with Crippen molar-refractivity contribution >= 4 is 15.9 Å². The lowest BCUT2D eigenvalue weighted by molar-refractivity contribution is -0.0704. The van der Waals surface area contributed by atoms with Crippen molar-refractivity contribution in [3.8, 4) is 0 Å². The summed E-state index contributed by atoms with van der Waals surface area (Å²) in [7, 11) is 0. The van der Waals surface area contributed by atoms with E-state index in [0.717, 1.165) is 0 Å². The molecule has 0 bridgehead atoms. The number of alkyl halides is 4. The van der Waals surface area contributed by atoms with Gasteiger partial charge < -0.3 is 5.32 Å². The summed E-state index contributed by atoms with van der Waals surface area (Å²) in [6, 6.07) is 0. The van der Waals surface area contributed by atoms with E-state index in [-0.39, 0.29) is 13.0 Å². The lowest BCUT2D eigenvalue weighted by Crippen LogP contribution is -2.51. The van der Waals surface area contributed by atoms with Crippen molar-refractivity contribution in [2.45, 2.75) is 23.3 Å². The maximum Gasteiger partial charge on any atom is 0.335 e. The minimum atomic E-state index is -3.41. The minimum absolute atomic E-state index is 0.0851. The van der Waals surface area contributed by atoms with E-state index in [2.05, 4.69) is 5.32 Å². The molecule has 1 unspecified atom stereocenters. The summed E-state index contributed by atoms with van der Waals surface area (Å²) in [6.07, 6.45) is 0.371. The molecule has 1 N–H and O–H groups in total. The summed E-state index contributed by atoms with van der Waals surface area (Å²) in [4.78, 5) is -3.41. The molecule has 66 valence electrons. The van der Waals surface area contributed by atoms with Crippen LogP contribution in [0.2, 0.25) is 0 Å². The Morgan fingerprint density at radius 1 is 1.45 bits per heavy atom. The van der Waals surface area contributed by atoms with Gasteiger partial charge in [-0.25, -0.2) is 4.39 Å². The molecule has 0 amide bonds. The first kappa shape index (κ1) is 9.32. The first-order valence-electron chi connectivity index (χ1n) is 3.42. The van der Waals surface area contributed by atoms with Gasteiger partial charge in [0.05, 0.1) is 0 Å². The lowest BCUT2D eigenvalue weighted by Gasteiger charge is -2.33. The van der Waals surface area contributed by atoms with Crippen molar-refractivity contribution in [2.24, 2.45) is 0 Å². The van der Waals surface area contributed by atoms with Crippen LogP contribution in [0.5, 0.6) is 0 Å². The van der Waals surface area contributed by atoms with E-state index in [4.69, 9.17) is 0 Å². The van der Waals surface area contributed by atoms with Crippen molar-refractivity contribution in [3.05, 3.63) is 0 Å². The number of piperidine rings is 1. The fraction of sp³-hybridized carbons (Fsp3) is 1.00. The predicted molar refractivity (Wildman–Crippen MR) is 39.8 cm³/mol. The van der Waals surface area contributed by atoms with Crippen molar-refractivity contribution in [2.75, 3.05) is 13.1 Å². The minimum Gasteiger partial charge on any atom is -0.313 e. The third-order valence-corrected chi connectivity index (χ3v) is 2.55. The van der Waals surface area contributed by atoms with E-state index in [9.17, 15) is 13.2 Å². The molecule has 0 aromatic heterocycles. The van der Waals surface area contributed by atoms with Gasteiger partial charge in [-0.15, -0.1) is 0 Å². The van der Waals surface area contributed by atoms with Gasteiger partial charge in [-0.05, 0) is 35.3 Å². The molecule has 1 rings (SSSR count). The Balaban J connectivity index is 2.64. The molecule has 0 aromatic rings. The first-order chi connectivity index (χ1) is 4.96. The van der Waals surface area contributed by atoms with Crippen LogP contribution in [-0.2, 0) is 0 Å². The van der Waals surface area contributed by atoms with Crippen LogP contribution in [0.1, 0.15) is 12.8 Å². The number of nitrogens with one attached hydrogen (secondary N) is 1. The molecule has 0 aromatic carbocycles. The van der Waals surface area contributed by atoms with Gasteiger partial charge >= 0.3 is 4.83 Å². The Hall–Kier alpha value is 0.230. The summed E-state index contributed by atoms with van der Waals surface area (Å²) in [5.41, 5.74) is -2.41. The van der Waals surface area contributed by atoms with E-state index in [1.54, 1.807) is 0 Å². The van der Waals surface area contributed by atoms with E-state index in [1.165, 1.54) is 0 Å². The van der Waals surface area contributed by atoms with E-state index >= 15 is 0 Å². The Kier molecular flexibility index (Phi) is 2.49. The largest absolute Gasteiger partial charge is 0.335 e. The Bertz CT molecular complexity index is 139. The highest BCUT2D eigenvalue weighted by Gasteiger charge is 2.53.